The lowest BCUT2D eigenvalue weighted by atomic mass is 9.33. The fourth-order valence-electron chi connectivity index (χ4n) is 14.2. The minimum Gasteiger partial charge on any atom is -0.481 e. The maximum atomic E-state index is 14.0. The molecule has 7 rings (SSSR count). The summed E-state index contributed by atoms with van der Waals surface area (Å²) >= 11 is 0. The summed E-state index contributed by atoms with van der Waals surface area (Å²) in [7, 11) is 0. The zero-order chi connectivity index (χ0) is 39.4. The van der Waals surface area contributed by atoms with Crippen molar-refractivity contribution in [3.63, 3.8) is 0 Å². The molecule has 0 spiro atoms. The fourth-order valence-corrected chi connectivity index (χ4v) is 14.2. The van der Waals surface area contributed by atoms with Crippen molar-refractivity contribution in [2.75, 3.05) is 6.54 Å². The number of carbonyl (C=O) groups is 4. The van der Waals surface area contributed by atoms with Crippen LogP contribution in [0.15, 0.2) is 35.5 Å². The summed E-state index contributed by atoms with van der Waals surface area (Å²) < 4.78 is 6.40. The van der Waals surface area contributed by atoms with Crippen LogP contribution in [0.1, 0.15) is 137 Å². The smallest absolute Gasteiger partial charge is 0.309 e. The van der Waals surface area contributed by atoms with E-state index in [-0.39, 0.29) is 63.8 Å². The zero-order valence-electron chi connectivity index (χ0n) is 34.1. The number of aromatic nitrogens is 1. The molecule has 296 valence electrons. The Labute approximate surface area is 321 Å². The number of carboxylic acids is 1. The Morgan fingerprint density at radius 2 is 1.61 bits per heavy atom. The van der Waals surface area contributed by atoms with Crippen LogP contribution in [0.5, 0.6) is 0 Å². The fraction of sp³-hybridized carbons (Fsp3) is 0.756. The van der Waals surface area contributed by atoms with Gasteiger partial charge in [0, 0.05) is 30.0 Å². The second-order valence-electron chi connectivity index (χ2n) is 20.6. The zero-order valence-corrected chi connectivity index (χ0v) is 34.1. The molecule has 5 saturated carbocycles. The van der Waals surface area contributed by atoms with E-state index >= 15 is 0 Å². The van der Waals surface area contributed by atoms with Gasteiger partial charge in [0.25, 0.3) is 5.91 Å². The van der Waals surface area contributed by atoms with E-state index in [9.17, 15) is 29.4 Å². The molecule has 5 fully saturated rings. The molecule has 3 N–H and O–H groups in total. The minimum atomic E-state index is -0.886. The van der Waals surface area contributed by atoms with E-state index in [4.69, 9.17) is 4.74 Å². The summed E-state index contributed by atoms with van der Waals surface area (Å²) in [6.07, 6.45) is 8.62. The average Bonchev–Trinajstić information content (AvgIpc) is 3.41. The Morgan fingerprint density at radius 1 is 0.889 bits per heavy atom. The molecule has 0 aliphatic heterocycles. The molecule has 9 heteroatoms. The van der Waals surface area contributed by atoms with Crippen LogP contribution in [0, 0.1) is 68.0 Å². The van der Waals surface area contributed by atoms with Gasteiger partial charge in [0.05, 0.1) is 17.9 Å². The number of ether oxygens (including phenoxy) is 1. The van der Waals surface area contributed by atoms with Crippen LogP contribution in [-0.4, -0.2) is 57.6 Å². The molecule has 1 aromatic heterocycles. The Hall–Kier alpha value is -3.07. The predicted octanol–water partition coefficient (Wildman–Crippen LogP) is 7.81. The van der Waals surface area contributed by atoms with Gasteiger partial charge in [-0.15, -0.1) is 0 Å². The number of nitrogens with one attached hydrogen (secondary N) is 1. The Morgan fingerprint density at radius 3 is 2.24 bits per heavy atom. The van der Waals surface area contributed by atoms with Crippen molar-refractivity contribution >= 4 is 23.6 Å². The van der Waals surface area contributed by atoms with E-state index in [2.05, 4.69) is 58.8 Å². The molecule has 11 atom stereocenters. The lowest BCUT2D eigenvalue weighted by Crippen LogP contribution is -2.66. The van der Waals surface area contributed by atoms with Gasteiger partial charge in [0.2, 0.25) is 0 Å². The van der Waals surface area contributed by atoms with Gasteiger partial charge in [-0.2, -0.15) is 0 Å². The summed E-state index contributed by atoms with van der Waals surface area (Å²) in [6, 6.07) is 5.20. The highest BCUT2D eigenvalue weighted by atomic mass is 16.5. The van der Waals surface area contributed by atoms with Crippen molar-refractivity contribution in [1.29, 1.82) is 0 Å². The van der Waals surface area contributed by atoms with Crippen molar-refractivity contribution < 1.29 is 34.1 Å². The van der Waals surface area contributed by atoms with Gasteiger partial charge in [-0.3, -0.25) is 24.2 Å². The first-order valence-corrected chi connectivity index (χ1v) is 20.7. The van der Waals surface area contributed by atoms with Gasteiger partial charge in [0.15, 0.2) is 5.78 Å². The van der Waals surface area contributed by atoms with Crippen LogP contribution in [-0.2, 0) is 19.1 Å². The Kier molecular flexibility index (Phi) is 9.42. The van der Waals surface area contributed by atoms with Gasteiger partial charge >= 0.3 is 11.9 Å². The van der Waals surface area contributed by atoms with Gasteiger partial charge in [-0.05, 0) is 121 Å². The molecule has 6 aliphatic rings. The van der Waals surface area contributed by atoms with Crippen molar-refractivity contribution in [3.8, 4) is 0 Å². The molecular formula is C45H64N2O7. The third kappa shape index (κ3) is 5.43. The molecule has 1 aromatic rings. The summed E-state index contributed by atoms with van der Waals surface area (Å²) in [6.45, 7) is 20.2. The molecular weight excluding hydrogens is 681 g/mol. The van der Waals surface area contributed by atoms with Gasteiger partial charge in [0.1, 0.15) is 11.8 Å². The second kappa shape index (κ2) is 13.0. The van der Waals surface area contributed by atoms with Crippen molar-refractivity contribution in [2.45, 2.75) is 139 Å². The van der Waals surface area contributed by atoms with Crippen molar-refractivity contribution in [3.05, 3.63) is 41.2 Å². The van der Waals surface area contributed by atoms with Gasteiger partial charge in [-0.1, -0.05) is 74.0 Å². The number of carbonyl (C=O) groups excluding carboxylic acids is 3. The highest BCUT2D eigenvalue weighted by Gasteiger charge is 2.71. The number of ketones is 1. The van der Waals surface area contributed by atoms with Crippen LogP contribution < -0.4 is 5.32 Å². The SMILES string of the molecule is CC(C)C1=C2[C@H]3CC[C@@H]4[C@@]5(C)CC[C@H](OC(=O)[C@H]6C[C@@H](C(=O)O)C6(C)C)C(C)(C)[C@@H]5CC[C@@]4(C)[C@]3(C)CC[C@@]2([C@@H](O)CNC(=O)c2ccccn2)CC1=O. The maximum Gasteiger partial charge on any atom is 0.309 e. The topological polar surface area (TPSA) is 143 Å². The number of aliphatic carboxylic acids is 1. The monoisotopic (exact) mass is 744 g/mol. The van der Waals surface area contributed by atoms with Crippen LogP contribution in [0.4, 0.5) is 0 Å². The second-order valence-corrected chi connectivity index (χ2v) is 20.6. The number of carboxylic acid groups (broad SMARTS) is 1. The van der Waals surface area contributed by atoms with E-state index in [1.807, 2.05) is 13.8 Å². The molecule has 0 saturated heterocycles. The van der Waals surface area contributed by atoms with E-state index in [1.54, 1.807) is 24.4 Å². The molecule has 0 unspecified atom stereocenters. The predicted molar refractivity (Wildman–Crippen MR) is 205 cm³/mol. The molecule has 1 amide bonds. The van der Waals surface area contributed by atoms with E-state index in [1.165, 1.54) is 5.57 Å². The van der Waals surface area contributed by atoms with Crippen LogP contribution in [0.25, 0.3) is 0 Å². The molecule has 0 radical (unpaired) electrons. The highest BCUT2D eigenvalue weighted by molar-refractivity contribution is 6.01. The first kappa shape index (κ1) is 39.2. The minimum absolute atomic E-state index is 0.00753. The van der Waals surface area contributed by atoms with Crippen molar-refractivity contribution in [1.82, 2.24) is 10.3 Å². The summed E-state index contributed by atoms with van der Waals surface area (Å²) in [5, 5.41) is 24.7. The molecule has 6 aliphatic carbocycles. The standard InChI is InChI=1S/C45H64N2O7/c1-25(2)35-30(48)23-45(33(49)24-47-37(50)29-12-10-11-21-46-29)20-19-43(8)26(36(35)45)13-14-32-42(7)17-16-34(41(5,6)31(42)15-18-44(32,43)9)54-39(53)28-22-27(38(51)52)40(28,3)4/h10-12,21,25-28,31-34,49H,13-20,22-24H2,1-9H3,(H,47,50)(H,51,52)/t26-,27+,28-,31+,32-,33+,34+,42+,43-,44-,45+/m1/s1. The number of aliphatic hydroxyl groups excluding tert-OH is 1. The first-order valence-electron chi connectivity index (χ1n) is 20.7. The number of hydrogen-bond acceptors (Lipinski definition) is 7. The van der Waals surface area contributed by atoms with Gasteiger partial charge < -0.3 is 20.3 Å². The third-order valence-electron chi connectivity index (χ3n) is 17.5. The van der Waals surface area contributed by atoms with Crippen LogP contribution in [0.2, 0.25) is 0 Å². The van der Waals surface area contributed by atoms with Gasteiger partial charge in [-0.25, -0.2) is 0 Å². The lowest BCUT2D eigenvalue weighted by molar-refractivity contribution is -0.238. The Balaban J connectivity index is 1.14. The maximum absolute atomic E-state index is 14.0. The molecule has 0 bridgehead atoms. The number of amides is 1. The number of pyridine rings is 1. The van der Waals surface area contributed by atoms with E-state index in [0.29, 0.717) is 36.8 Å². The molecule has 9 nitrogen and oxygen atoms in total. The number of esters is 1. The third-order valence-corrected chi connectivity index (χ3v) is 17.5. The summed E-state index contributed by atoms with van der Waals surface area (Å²) in [4.78, 5) is 56.6. The normalized spacial score (nSPS) is 41.1. The van der Waals surface area contributed by atoms with Crippen LogP contribution >= 0.6 is 0 Å². The number of hydrogen-bond donors (Lipinski definition) is 3. The molecule has 54 heavy (non-hydrogen) atoms. The average molecular weight is 745 g/mol. The first-order chi connectivity index (χ1) is 25.2. The number of nitrogens with zero attached hydrogens (tertiary/aromatic N) is 1. The quantitative estimate of drug-likeness (QED) is 0.229. The lowest BCUT2D eigenvalue weighted by Gasteiger charge is -2.72. The molecule has 0 aromatic carbocycles. The van der Waals surface area contributed by atoms with E-state index < -0.39 is 34.7 Å². The van der Waals surface area contributed by atoms with Crippen LogP contribution in [0.3, 0.4) is 0 Å². The highest BCUT2D eigenvalue weighted by Crippen LogP contribution is 2.77. The number of aliphatic hydroxyl groups is 1. The Bertz CT molecular complexity index is 1750. The summed E-state index contributed by atoms with van der Waals surface area (Å²) in [5.41, 5.74) is 0.835. The van der Waals surface area contributed by atoms with E-state index in [0.717, 1.165) is 50.5 Å². The summed E-state index contributed by atoms with van der Waals surface area (Å²) in [5.74, 6) is -1.13. The number of Topliss-reactive ketones (excluding diaryl/α,β-unsaturated/α-hetero) is 1. The number of rotatable bonds is 8. The number of allylic oxidation sites excluding steroid dienone is 1. The van der Waals surface area contributed by atoms with Crippen molar-refractivity contribution in [2.24, 2.45) is 68.0 Å². The molecule has 1 heterocycles. The largest absolute Gasteiger partial charge is 0.481 e. The number of fused-ring (bicyclic) bond motifs is 7.